The van der Waals surface area contributed by atoms with Gasteiger partial charge in [-0.3, -0.25) is 14.5 Å². The number of nitrogens with one attached hydrogen (secondary N) is 1. The maximum absolute atomic E-state index is 14.3. The van der Waals surface area contributed by atoms with Crippen molar-refractivity contribution in [3.63, 3.8) is 0 Å². The summed E-state index contributed by atoms with van der Waals surface area (Å²) in [7, 11) is 3.12. The van der Waals surface area contributed by atoms with Crippen molar-refractivity contribution in [3.05, 3.63) is 72.2 Å². The molecule has 11 heteroatoms. The van der Waals surface area contributed by atoms with E-state index in [-0.39, 0.29) is 24.4 Å². The molecule has 0 saturated heterocycles. The SMILES string of the molecule is COc1ccc(-c2nnn(CC(=O)N(c3ccc(C4CCCCC4)cc3)[C@H](C(=O)NC3CCCCC3)c3ccco3)n2)cc1OC. The summed E-state index contributed by atoms with van der Waals surface area (Å²) in [5, 5.41) is 16.1. The molecule has 0 bridgehead atoms. The van der Waals surface area contributed by atoms with Crippen molar-refractivity contribution in [1.82, 2.24) is 25.5 Å². The number of methoxy groups -OCH3 is 2. The minimum Gasteiger partial charge on any atom is -0.493 e. The normalized spacial score (nSPS) is 16.5. The van der Waals surface area contributed by atoms with Crippen LogP contribution in [0, 0.1) is 0 Å². The lowest BCUT2D eigenvalue weighted by molar-refractivity contribution is -0.128. The number of tetrazole rings is 1. The van der Waals surface area contributed by atoms with Crippen LogP contribution in [0.3, 0.4) is 0 Å². The van der Waals surface area contributed by atoms with Crippen molar-refractivity contribution in [2.45, 2.75) is 88.8 Å². The molecule has 2 fully saturated rings. The van der Waals surface area contributed by atoms with Gasteiger partial charge in [0, 0.05) is 17.3 Å². The van der Waals surface area contributed by atoms with Gasteiger partial charge < -0.3 is 19.2 Å². The molecule has 6 rings (SSSR count). The van der Waals surface area contributed by atoms with Crippen LogP contribution in [0.25, 0.3) is 11.4 Å². The monoisotopic (exact) mass is 626 g/mol. The largest absolute Gasteiger partial charge is 0.493 e. The number of carbonyl (C=O) groups excluding carboxylic acids is 2. The van der Waals surface area contributed by atoms with Crippen LogP contribution < -0.4 is 19.7 Å². The number of aromatic nitrogens is 4. The van der Waals surface area contributed by atoms with E-state index in [2.05, 4.69) is 32.9 Å². The van der Waals surface area contributed by atoms with Gasteiger partial charge in [-0.05, 0) is 84.8 Å². The lowest BCUT2D eigenvalue weighted by Crippen LogP contribution is -2.48. The Balaban J connectivity index is 1.31. The molecule has 2 aliphatic rings. The van der Waals surface area contributed by atoms with Gasteiger partial charge in [0.05, 0.1) is 20.5 Å². The summed E-state index contributed by atoms with van der Waals surface area (Å²) < 4.78 is 16.6. The molecule has 0 unspecified atom stereocenters. The number of furan rings is 1. The van der Waals surface area contributed by atoms with E-state index in [1.807, 2.05) is 12.1 Å². The molecule has 0 aliphatic heterocycles. The third kappa shape index (κ3) is 7.08. The van der Waals surface area contributed by atoms with Crippen LogP contribution >= 0.6 is 0 Å². The summed E-state index contributed by atoms with van der Waals surface area (Å²) in [6.07, 6.45) is 12.8. The Morgan fingerprint density at radius 1 is 0.935 bits per heavy atom. The van der Waals surface area contributed by atoms with E-state index in [4.69, 9.17) is 13.9 Å². The number of anilines is 1. The molecule has 242 valence electrons. The van der Waals surface area contributed by atoms with Gasteiger partial charge >= 0.3 is 0 Å². The predicted octanol–water partition coefficient (Wildman–Crippen LogP) is 6.22. The fourth-order valence-corrected chi connectivity index (χ4v) is 6.73. The Kier molecular flexibility index (Phi) is 9.95. The second-order valence-electron chi connectivity index (χ2n) is 12.2. The van der Waals surface area contributed by atoms with Crippen LogP contribution in [0.15, 0.2) is 65.3 Å². The van der Waals surface area contributed by atoms with Crippen molar-refractivity contribution in [2.75, 3.05) is 19.1 Å². The Morgan fingerprint density at radius 2 is 1.65 bits per heavy atom. The Bertz CT molecular complexity index is 1590. The molecule has 2 aromatic carbocycles. The molecule has 2 saturated carbocycles. The summed E-state index contributed by atoms with van der Waals surface area (Å²) in [5.74, 6) is 1.68. The summed E-state index contributed by atoms with van der Waals surface area (Å²) in [4.78, 5) is 31.1. The minimum atomic E-state index is -1.02. The zero-order valence-corrected chi connectivity index (χ0v) is 26.6. The number of hydrogen-bond acceptors (Lipinski definition) is 8. The summed E-state index contributed by atoms with van der Waals surface area (Å²) in [6, 6.07) is 15.9. The van der Waals surface area contributed by atoms with Gasteiger partial charge in [-0.15, -0.1) is 10.2 Å². The van der Waals surface area contributed by atoms with Crippen molar-refractivity contribution in [3.8, 4) is 22.9 Å². The number of benzene rings is 2. The molecule has 1 N–H and O–H groups in total. The van der Waals surface area contributed by atoms with Crippen LogP contribution in [0.2, 0.25) is 0 Å². The molecule has 2 aromatic heterocycles. The van der Waals surface area contributed by atoms with Crippen LogP contribution in [-0.4, -0.2) is 52.3 Å². The lowest BCUT2D eigenvalue weighted by Gasteiger charge is -2.32. The summed E-state index contributed by atoms with van der Waals surface area (Å²) in [5.41, 5.74) is 2.52. The van der Waals surface area contributed by atoms with Gasteiger partial charge in [0.15, 0.2) is 17.5 Å². The van der Waals surface area contributed by atoms with Gasteiger partial charge in [0.25, 0.3) is 11.8 Å². The molecule has 0 radical (unpaired) electrons. The van der Waals surface area contributed by atoms with Gasteiger partial charge in [0.2, 0.25) is 5.82 Å². The first kappa shape index (κ1) is 31.3. The molecule has 4 aromatic rings. The van der Waals surface area contributed by atoms with Crippen LogP contribution in [0.1, 0.15) is 87.5 Å². The molecule has 2 aliphatic carbocycles. The highest BCUT2D eigenvalue weighted by molar-refractivity contribution is 6.01. The number of amides is 2. The topological polar surface area (TPSA) is 125 Å². The van der Waals surface area contributed by atoms with Crippen LogP contribution in [0.5, 0.6) is 11.5 Å². The van der Waals surface area contributed by atoms with E-state index in [0.717, 1.165) is 25.7 Å². The van der Waals surface area contributed by atoms with Crippen molar-refractivity contribution >= 4 is 17.5 Å². The average Bonchev–Trinajstić information content (AvgIpc) is 3.81. The predicted molar refractivity (Wildman–Crippen MR) is 173 cm³/mol. The number of ether oxygens (including phenoxy) is 2. The molecule has 2 heterocycles. The van der Waals surface area contributed by atoms with Crippen molar-refractivity contribution in [1.29, 1.82) is 0 Å². The highest BCUT2D eigenvalue weighted by Gasteiger charge is 2.36. The molecule has 46 heavy (non-hydrogen) atoms. The zero-order chi connectivity index (χ0) is 31.9. The number of nitrogens with zero attached hydrogens (tertiary/aromatic N) is 5. The van der Waals surface area contributed by atoms with E-state index in [9.17, 15) is 9.59 Å². The highest BCUT2D eigenvalue weighted by Crippen LogP contribution is 2.36. The Labute approximate surface area is 269 Å². The quantitative estimate of drug-likeness (QED) is 0.208. The second kappa shape index (κ2) is 14.6. The maximum atomic E-state index is 14.3. The molecule has 2 amide bonds. The van der Waals surface area contributed by atoms with Gasteiger partial charge in [-0.25, -0.2) is 0 Å². The first-order chi connectivity index (χ1) is 22.5. The lowest BCUT2D eigenvalue weighted by atomic mass is 9.84. The van der Waals surface area contributed by atoms with Crippen molar-refractivity contribution in [2.24, 2.45) is 0 Å². The summed E-state index contributed by atoms with van der Waals surface area (Å²) in [6.45, 7) is -0.238. The van der Waals surface area contributed by atoms with E-state index >= 15 is 0 Å². The van der Waals surface area contributed by atoms with Gasteiger partial charge in [0.1, 0.15) is 12.3 Å². The summed E-state index contributed by atoms with van der Waals surface area (Å²) >= 11 is 0. The second-order valence-corrected chi connectivity index (χ2v) is 12.2. The third-order valence-electron chi connectivity index (χ3n) is 9.16. The molecule has 1 atom stereocenters. The molecule has 11 nitrogen and oxygen atoms in total. The van der Waals surface area contributed by atoms with E-state index in [0.29, 0.717) is 40.3 Å². The number of hydrogen-bond donors (Lipinski definition) is 1. The first-order valence-corrected chi connectivity index (χ1v) is 16.3. The minimum absolute atomic E-state index is 0.0605. The van der Waals surface area contributed by atoms with Crippen LogP contribution in [0.4, 0.5) is 5.69 Å². The number of rotatable bonds is 11. The third-order valence-corrected chi connectivity index (χ3v) is 9.16. The van der Waals surface area contributed by atoms with Crippen LogP contribution in [-0.2, 0) is 16.1 Å². The van der Waals surface area contributed by atoms with E-state index < -0.39 is 6.04 Å². The fraction of sp³-hybridized carbons (Fsp3) is 0.457. The molecular weight excluding hydrogens is 584 g/mol. The average molecular weight is 627 g/mol. The van der Waals surface area contributed by atoms with Gasteiger partial charge in [-0.1, -0.05) is 50.7 Å². The Morgan fingerprint density at radius 3 is 2.33 bits per heavy atom. The highest BCUT2D eigenvalue weighted by atomic mass is 16.5. The van der Waals surface area contributed by atoms with E-state index in [1.165, 1.54) is 60.0 Å². The molecular formula is C35H42N6O5. The van der Waals surface area contributed by atoms with E-state index in [1.54, 1.807) is 44.6 Å². The molecule has 0 spiro atoms. The maximum Gasteiger partial charge on any atom is 0.251 e. The first-order valence-electron chi connectivity index (χ1n) is 16.3. The Hall–Kier alpha value is -4.67. The van der Waals surface area contributed by atoms with Gasteiger partial charge in [-0.2, -0.15) is 4.80 Å². The number of carbonyl (C=O) groups is 2. The standard InChI is InChI=1S/C35H42N6O5/c1-44-29-20-17-26(22-31(29)45-2)34-37-39-40(38-34)23-32(42)41(28-18-15-25(16-19-28)24-10-5-3-6-11-24)33(30-14-9-21-46-30)35(43)36-27-12-7-4-8-13-27/h9,14-22,24,27,33H,3-8,10-13,23H2,1-2H3,(H,36,43)/t33-/m0/s1. The fourth-order valence-electron chi connectivity index (χ4n) is 6.73. The van der Waals surface area contributed by atoms with Crippen molar-refractivity contribution < 1.29 is 23.5 Å². The smallest absolute Gasteiger partial charge is 0.251 e. The zero-order valence-electron chi connectivity index (χ0n) is 26.6.